The average Bonchev–Trinajstić information content (AvgIpc) is 2.93. The molecule has 0 aliphatic carbocycles. The third kappa shape index (κ3) is 2.57. The number of hydrogen-bond donors (Lipinski definition) is 1. The molecule has 2 aromatic carbocycles. The highest BCUT2D eigenvalue weighted by Crippen LogP contribution is 2.17. The Morgan fingerprint density at radius 1 is 1.00 bits per heavy atom. The maximum absolute atomic E-state index is 9.07. The molecule has 5 nitrogen and oxygen atoms in total. The third-order valence-corrected chi connectivity index (χ3v) is 3.30. The van der Waals surface area contributed by atoms with Crippen LogP contribution in [-0.4, -0.2) is 5.84 Å². The summed E-state index contributed by atoms with van der Waals surface area (Å²) in [5.41, 5.74) is 8.51. The number of anilines is 1. The Morgan fingerprint density at radius 3 is 2.14 bits per heavy atom. The van der Waals surface area contributed by atoms with Gasteiger partial charge in [-0.2, -0.15) is 15.5 Å². The van der Waals surface area contributed by atoms with Crippen molar-refractivity contribution >= 4 is 17.2 Å². The minimum Gasteiger partial charge on any atom is -0.309 e. The van der Waals surface area contributed by atoms with Crippen LogP contribution in [0.2, 0.25) is 0 Å². The predicted octanol–water partition coefficient (Wildman–Crippen LogP) is 2.38. The van der Waals surface area contributed by atoms with Gasteiger partial charge in [0.05, 0.1) is 17.6 Å². The summed E-state index contributed by atoms with van der Waals surface area (Å²) in [5, 5.41) is 15.7. The van der Waals surface area contributed by atoms with Gasteiger partial charge in [0.1, 0.15) is 0 Å². The molecule has 0 aromatic heterocycles. The van der Waals surface area contributed by atoms with Crippen LogP contribution in [0.5, 0.6) is 0 Å². The van der Waals surface area contributed by atoms with Crippen LogP contribution >= 0.6 is 0 Å². The van der Waals surface area contributed by atoms with Crippen molar-refractivity contribution in [3.63, 3.8) is 0 Å². The van der Waals surface area contributed by atoms with Crippen molar-refractivity contribution in [2.75, 3.05) is 5.12 Å². The zero-order chi connectivity index (χ0) is 14.8. The molecule has 0 fully saturated rings. The topological polar surface area (TPSA) is 57.9 Å². The van der Waals surface area contributed by atoms with Gasteiger partial charge in [0.15, 0.2) is 5.69 Å². The Hall–Kier alpha value is -2.84. The quantitative estimate of drug-likeness (QED) is 0.916. The lowest BCUT2D eigenvalue weighted by molar-refractivity contribution is -0.792. The largest absolute Gasteiger partial charge is 0.309 e. The van der Waals surface area contributed by atoms with Gasteiger partial charge < -0.3 is 5.10 Å². The number of hydrazone groups is 1. The first-order valence-corrected chi connectivity index (χ1v) is 6.68. The summed E-state index contributed by atoms with van der Waals surface area (Å²) in [4.78, 5) is 0. The summed E-state index contributed by atoms with van der Waals surface area (Å²) in [7, 11) is 0. The van der Waals surface area contributed by atoms with E-state index in [1.807, 2.05) is 68.4 Å². The molecule has 0 saturated heterocycles. The Balaban J connectivity index is 1.98. The van der Waals surface area contributed by atoms with Crippen molar-refractivity contribution in [1.29, 1.82) is 5.26 Å². The van der Waals surface area contributed by atoms with Crippen LogP contribution in [0.1, 0.15) is 11.1 Å². The van der Waals surface area contributed by atoms with Gasteiger partial charge in [0.25, 0.3) is 0 Å². The second kappa shape index (κ2) is 5.27. The molecule has 2 aromatic rings. The van der Waals surface area contributed by atoms with Crippen molar-refractivity contribution < 1.29 is 5.12 Å². The van der Waals surface area contributed by atoms with E-state index in [-0.39, 0.29) is 5.84 Å². The van der Waals surface area contributed by atoms with Crippen molar-refractivity contribution in [2.24, 2.45) is 5.10 Å². The molecule has 3 rings (SSSR count). The molecule has 0 bridgehead atoms. The van der Waals surface area contributed by atoms with Gasteiger partial charge >= 0.3 is 0 Å². The summed E-state index contributed by atoms with van der Waals surface area (Å²) < 4.78 is 0. The lowest BCUT2D eigenvalue weighted by atomic mass is 10.2. The predicted molar refractivity (Wildman–Crippen MR) is 81.9 cm³/mol. The van der Waals surface area contributed by atoms with Gasteiger partial charge in [0.2, 0.25) is 0 Å². The van der Waals surface area contributed by atoms with E-state index in [9.17, 15) is 0 Å². The second-order valence-electron chi connectivity index (χ2n) is 4.98. The number of aryl methyl sites for hydroxylation is 2. The summed E-state index contributed by atoms with van der Waals surface area (Å²) in [6.45, 7) is 4.07. The molecule has 1 atom stereocenters. The number of quaternary nitrogens is 1. The highest BCUT2D eigenvalue weighted by Gasteiger charge is 2.23. The SMILES string of the molecule is Cc1ccc(N2N=C(C#N)[N-][NH+]2c2ccc(C)cc2)cc1. The Labute approximate surface area is 123 Å². The lowest BCUT2D eigenvalue weighted by Crippen LogP contribution is -3.08. The monoisotopic (exact) mass is 277 g/mol. The fraction of sp³-hybridized carbons (Fsp3) is 0.125. The Bertz CT molecular complexity index is 710. The molecule has 5 heteroatoms. The molecule has 1 heterocycles. The minimum atomic E-state index is 0.172. The van der Waals surface area contributed by atoms with Crippen LogP contribution in [0.15, 0.2) is 53.6 Å². The Kier molecular flexibility index (Phi) is 3.30. The number of nitrogens with zero attached hydrogens (tertiary/aromatic N) is 4. The van der Waals surface area contributed by atoms with Crippen molar-refractivity contribution in [1.82, 2.24) is 0 Å². The van der Waals surface area contributed by atoms with Crippen LogP contribution in [0.25, 0.3) is 5.43 Å². The molecule has 0 saturated carbocycles. The molecule has 0 spiro atoms. The fourth-order valence-electron chi connectivity index (χ4n) is 2.11. The van der Waals surface area contributed by atoms with Gasteiger partial charge in [-0.3, -0.25) is 0 Å². The standard InChI is InChI=1S/C16H15N5/c1-12-3-7-14(8-4-12)20-18-16(11-17)19-21(20)15-9-5-13(2)6-10-15/h3-10,20H,1-2H3. The zero-order valence-electron chi connectivity index (χ0n) is 11.9. The summed E-state index contributed by atoms with van der Waals surface area (Å²) in [5.74, 6) is 0.172. The van der Waals surface area contributed by atoms with E-state index in [1.165, 1.54) is 11.1 Å². The number of benzene rings is 2. The first-order chi connectivity index (χ1) is 10.2. The number of hydrogen-bond acceptors (Lipinski definition) is 3. The summed E-state index contributed by atoms with van der Waals surface area (Å²) in [6, 6.07) is 18.0. The van der Waals surface area contributed by atoms with Crippen LogP contribution < -0.4 is 10.2 Å². The van der Waals surface area contributed by atoms with E-state index in [1.54, 1.807) is 5.12 Å². The van der Waals surface area contributed by atoms with E-state index in [0.29, 0.717) is 5.12 Å². The summed E-state index contributed by atoms with van der Waals surface area (Å²) >= 11 is 0. The van der Waals surface area contributed by atoms with Gasteiger partial charge in [-0.25, -0.2) is 5.43 Å². The Morgan fingerprint density at radius 2 is 1.57 bits per heavy atom. The number of amidine groups is 1. The highest BCUT2D eigenvalue weighted by atomic mass is 15.9. The first kappa shape index (κ1) is 13.2. The molecule has 21 heavy (non-hydrogen) atoms. The van der Waals surface area contributed by atoms with Crippen molar-refractivity contribution in [2.45, 2.75) is 13.8 Å². The fourth-order valence-corrected chi connectivity index (χ4v) is 2.11. The van der Waals surface area contributed by atoms with E-state index in [0.717, 1.165) is 11.4 Å². The van der Waals surface area contributed by atoms with E-state index >= 15 is 0 Å². The lowest BCUT2D eigenvalue weighted by Gasteiger charge is -2.27. The second-order valence-corrected chi connectivity index (χ2v) is 4.98. The highest BCUT2D eigenvalue weighted by molar-refractivity contribution is 6.06. The first-order valence-electron chi connectivity index (χ1n) is 6.68. The molecule has 1 aliphatic heterocycles. The zero-order valence-corrected chi connectivity index (χ0v) is 11.9. The third-order valence-electron chi connectivity index (χ3n) is 3.30. The van der Waals surface area contributed by atoms with Gasteiger partial charge in [0, 0.05) is 12.1 Å². The van der Waals surface area contributed by atoms with Crippen LogP contribution in [0, 0.1) is 25.2 Å². The molecule has 1 N–H and O–H groups in total. The van der Waals surface area contributed by atoms with Crippen LogP contribution in [0.3, 0.4) is 0 Å². The van der Waals surface area contributed by atoms with Crippen LogP contribution in [0.4, 0.5) is 11.4 Å². The molecular formula is C16H15N5. The average molecular weight is 277 g/mol. The molecular weight excluding hydrogens is 262 g/mol. The number of nitrogens with one attached hydrogen (secondary N) is 1. The molecule has 1 unspecified atom stereocenters. The van der Waals surface area contributed by atoms with E-state index < -0.39 is 0 Å². The van der Waals surface area contributed by atoms with Gasteiger partial charge in [-0.05, 0) is 26.0 Å². The molecule has 104 valence electrons. The molecule has 0 amide bonds. The smallest absolute Gasteiger partial charge is 0.166 e. The maximum Gasteiger partial charge on any atom is 0.166 e. The maximum atomic E-state index is 9.07. The number of nitriles is 1. The van der Waals surface area contributed by atoms with E-state index in [2.05, 4.69) is 10.5 Å². The normalized spacial score (nSPS) is 17.1. The summed E-state index contributed by atoms with van der Waals surface area (Å²) in [6.07, 6.45) is 0. The van der Waals surface area contributed by atoms with Gasteiger partial charge in [-0.1, -0.05) is 35.4 Å². The van der Waals surface area contributed by atoms with Crippen molar-refractivity contribution in [3.05, 3.63) is 65.1 Å². The number of rotatable bonds is 2. The van der Waals surface area contributed by atoms with Crippen molar-refractivity contribution in [3.8, 4) is 6.07 Å². The molecule has 0 radical (unpaired) electrons. The minimum absolute atomic E-state index is 0.172. The van der Waals surface area contributed by atoms with E-state index in [4.69, 9.17) is 5.26 Å². The molecule has 1 aliphatic rings. The van der Waals surface area contributed by atoms with Crippen LogP contribution in [-0.2, 0) is 0 Å². The van der Waals surface area contributed by atoms with Gasteiger partial charge in [-0.15, -0.1) is 0 Å².